The van der Waals surface area contributed by atoms with Gasteiger partial charge in [-0.2, -0.15) is 4.99 Å². The molecular formula is C21H18FN3O2S. The van der Waals surface area contributed by atoms with Gasteiger partial charge >= 0.3 is 0 Å². The Morgan fingerprint density at radius 1 is 1.11 bits per heavy atom. The topological polar surface area (TPSA) is 63.5 Å². The zero-order chi connectivity index (χ0) is 19.5. The van der Waals surface area contributed by atoms with Gasteiger partial charge in [0.15, 0.2) is 4.80 Å². The molecule has 1 aliphatic rings. The first kappa shape index (κ1) is 18.3. The van der Waals surface area contributed by atoms with Crippen LogP contribution in [0.3, 0.4) is 0 Å². The van der Waals surface area contributed by atoms with E-state index in [4.69, 9.17) is 0 Å². The van der Waals surface area contributed by atoms with Gasteiger partial charge in [0.25, 0.3) is 11.8 Å². The Bertz CT molecular complexity index is 1100. The van der Waals surface area contributed by atoms with Gasteiger partial charge in [0.05, 0.1) is 12.1 Å². The van der Waals surface area contributed by atoms with Crippen molar-refractivity contribution in [2.75, 3.05) is 0 Å². The van der Waals surface area contributed by atoms with Gasteiger partial charge in [-0.05, 0) is 36.6 Å². The average Bonchev–Trinajstić information content (AvgIpc) is 3.41. The van der Waals surface area contributed by atoms with E-state index in [0.717, 1.165) is 18.4 Å². The number of hydrogen-bond acceptors (Lipinski definition) is 3. The third kappa shape index (κ3) is 4.09. The molecule has 0 spiro atoms. The fourth-order valence-corrected chi connectivity index (χ4v) is 3.57. The van der Waals surface area contributed by atoms with Crippen molar-refractivity contribution in [3.8, 4) is 0 Å². The summed E-state index contributed by atoms with van der Waals surface area (Å²) in [4.78, 5) is 29.4. The van der Waals surface area contributed by atoms with E-state index in [1.807, 2.05) is 18.2 Å². The Kier molecular flexibility index (Phi) is 5.16. The van der Waals surface area contributed by atoms with Crippen LogP contribution < -0.4 is 10.1 Å². The molecule has 142 valence electrons. The fraction of sp³-hybridized carbons (Fsp3) is 0.190. The van der Waals surface area contributed by atoms with Crippen LogP contribution >= 0.6 is 11.3 Å². The van der Waals surface area contributed by atoms with Crippen LogP contribution in [0.25, 0.3) is 0 Å². The molecule has 0 atom stereocenters. The first-order valence-electron chi connectivity index (χ1n) is 8.98. The highest BCUT2D eigenvalue weighted by molar-refractivity contribution is 7.07. The average molecular weight is 395 g/mol. The van der Waals surface area contributed by atoms with Gasteiger partial charge in [-0.1, -0.05) is 30.3 Å². The summed E-state index contributed by atoms with van der Waals surface area (Å²) >= 11 is 1.29. The Balaban J connectivity index is 1.61. The molecule has 0 bridgehead atoms. The normalized spacial score (nSPS) is 14.1. The molecule has 2 amide bonds. The second-order valence-electron chi connectivity index (χ2n) is 6.62. The summed E-state index contributed by atoms with van der Waals surface area (Å²) in [5.41, 5.74) is 1.38. The number of benzene rings is 2. The Morgan fingerprint density at radius 3 is 2.57 bits per heavy atom. The molecule has 0 unspecified atom stereocenters. The lowest BCUT2D eigenvalue weighted by Gasteiger charge is -2.10. The summed E-state index contributed by atoms with van der Waals surface area (Å²) in [6.45, 7) is 0.390. The number of hydrogen-bond donors (Lipinski definition) is 1. The maximum atomic E-state index is 13.8. The van der Waals surface area contributed by atoms with Crippen molar-refractivity contribution in [2.45, 2.75) is 25.4 Å². The van der Waals surface area contributed by atoms with Crippen LogP contribution in [-0.2, 0) is 6.54 Å². The van der Waals surface area contributed by atoms with E-state index in [1.165, 1.54) is 29.5 Å². The smallest absolute Gasteiger partial charge is 0.282 e. The van der Waals surface area contributed by atoms with Crippen LogP contribution in [0.15, 0.2) is 65.1 Å². The number of thiazole rings is 1. The summed E-state index contributed by atoms with van der Waals surface area (Å²) in [6.07, 6.45) is 3.84. The number of halogens is 1. The lowest BCUT2D eigenvalue weighted by atomic mass is 10.1. The van der Waals surface area contributed by atoms with Gasteiger partial charge in [-0.3, -0.25) is 9.59 Å². The van der Waals surface area contributed by atoms with Crippen LogP contribution in [-0.4, -0.2) is 22.4 Å². The molecule has 5 nitrogen and oxygen atoms in total. The molecule has 1 aliphatic carbocycles. The fourth-order valence-electron chi connectivity index (χ4n) is 2.84. The van der Waals surface area contributed by atoms with Crippen molar-refractivity contribution in [3.05, 3.63) is 87.4 Å². The lowest BCUT2D eigenvalue weighted by Crippen LogP contribution is -2.27. The SMILES string of the molecule is O=C(N=c1sccn1Cc1ccccc1C(=O)NC1CC1)c1ccccc1F. The second-order valence-corrected chi connectivity index (χ2v) is 7.49. The van der Waals surface area contributed by atoms with Gasteiger partial charge in [-0.25, -0.2) is 4.39 Å². The van der Waals surface area contributed by atoms with Crippen molar-refractivity contribution in [1.82, 2.24) is 9.88 Å². The molecule has 28 heavy (non-hydrogen) atoms. The first-order chi connectivity index (χ1) is 13.6. The molecule has 7 heteroatoms. The van der Waals surface area contributed by atoms with Crippen LogP contribution in [0.1, 0.15) is 39.1 Å². The van der Waals surface area contributed by atoms with E-state index in [9.17, 15) is 14.0 Å². The zero-order valence-corrected chi connectivity index (χ0v) is 15.8. The third-order valence-corrected chi connectivity index (χ3v) is 5.27. The standard InChI is InChI=1S/C21H18FN3O2S/c22-18-8-4-3-7-17(18)20(27)24-21-25(11-12-28-21)13-14-5-1-2-6-16(14)19(26)23-15-9-10-15/h1-8,11-12,15H,9-10,13H2,(H,23,26). The molecule has 1 aromatic heterocycles. The second kappa shape index (κ2) is 7.90. The molecule has 0 aliphatic heterocycles. The minimum Gasteiger partial charge on any atom is -0.349 e. The molecule has 1 saturated carbocycles. The van der Waals surface area contributed by atoms with Crippen LogP contribution in [0.4, 0.5) is 4.39 Å². The van der Waals surface area contributed by atoms with Crippen LogP contribution in [0.2, 0.25) is 0 Å². The number of carbonyl (C=O) groups is 2. The summed E-state index contributed by atoms with van der Waals surface area (Å²) in [5, 5.41) is 4.81. The lowest BCUT2D eigenvalue weighted by molar-refractivity contribution is 0.0948. The maximum absolute atomic E-state index is 13.8. The third-order valence-electron chi connectivity index (χ3n) is 4.48. The number of amides is 2. The van der Waals surface area contributed by atoms with Gasteiger partial charge in [0.1, 0.15) is 5.82 Å². The molecule has 3 aromatic rings. The van der Waals surface area contributed by atoms with E-state index in [1.54, 1.807) is 28.3 Å². The van der Waals surface area contributed by atoms with Gasteiger partial charge in [0, 0.05) is 23.2 Å². The van der Waals surface area contributed by atoms with Crippen molar-refractivity contribution in [1.29, 1.82) is 0 Å². The monoisotopic (exact) mass is 395 g/mol. The number of aromatic nitrogens is 1. The summed E-state index contributed by atoms with van der Waals surface area (Å²) in [7, 11) is 0. The molecule has 1 heterocycles. The molecule has 0 radical (unpaired) electrons. The maximum Gasteiger partial charge on any atom is 0.282 e. The van der Waals surface area contributed by atoms with E-state index in [-0.39, 0.29) is 17.5 Å². The number of carbonyl (C=O) groups excluding carboxylic acids is 2. The Labute approximate surface area is 165 Å². The number of nitrogens with one attached hydrogen (secondary N) is 1. The number of nitrogens with zero attached hydrogens (tertiary/aromatic N) is 2. The van der Waals surface area contributed by atoms with Crippen molar-refractivity contribution < 1.29 is 14.0 Å². The van der Waals surface area contributed by atoms with Crippen molar-refractivity contribution >= 4 is 23.2 Å². The Morgan fingerprint density at radius 2 is 1.82 bits per heavy atom. The van der Waals surface area contributed by atoms with Crippen LogP contribution in [0, 0.1) is 5.82 Å². The highest BCUT2D eigenvalue weighted by Gasteiger charge is 2.24. The van der Waals surface area contributed by atoms with Crippen molar-refractivity contribution in [3.63, 3.8) is 0 Å². The number of rotatable bonds is 5. The van der Waals surface area contributed by atoms with Gasteiger partial charge < -0.3 is 9.88 Å². The summed E-state index contributed by atoms with van der Waals surface area (Å²) in [5.74, 6) is -1.31. The molecule has 1 fully saturated rings. The first-order valence-corrected chi connectivity index (χ1v) is 9.86. The van der Waals surface area contributed by atoms with E-state index >= 15 is 0 Å². The minimum absolute atomic E-state index is 0.0633. The van der Waals surface area contributed by atoms with Gasteiger partial charge in [0.2, 0.25) is 0 Å². The molecule has 4 rings (SSSR count). The summed E-state index contributed by atoms with van der Waals surface area (Å²) in [6, 6.07) is 13.4. The van der Waals surface area contributed by atoms with E-state index in [0.29, 0.717) is 16.9 Å². The van der Waals surface area contributed by atoms with E-state index < -0.39 is 11.7 Å². The summed E-state index contributed by atoms with van der Waals surface area (Å²) < 4.78 is 15.6. The minimum atomic E-state index is -0.630. The predicted molar refractivity (Wildman–Crippen MR) is 105 cm³/mol. The van der Waals surface area contributed by atoms with Crippen molar-refractivity contribution in [2.24, 2.45) is 4.99 Å². The molecule has 2 aromatic carbocycles. The predicted octanol–water partition coefficient (Wildman–Crippen LogP) is 3.37. The molecular weight excluding hydrogens is 377 g/mol. The highest BCUT2D eigenvalue weighted by atomic mass is 32.1. The Hall–Kier alpha value is -3.06. The van der Waals surface area contributed by atoms with Crippen LogP contribution in [0.5, 0.6) is 0 Å². The molecule has 0 saturated heterocycles. The molecule has 1 N–H and O–H groups in total. The quantitative estimate of drug-likeness (QED) is 0.720. The zero-order valence-electron chi connectivity index (χ0n) is 15.0. The van der Waals surface area contributed by atoms with E-state index in [2.05, 4.69) is 10.3 Å². The largest absolute Gasteiger partial charge is 0.349 e. The highest BCUT2D eigenvalue weighted by Crippen LogP contribution is 2.20. The van der Waals surface area contributed by atoms with Gasteiger partial charge in [-0.15, -0.1) is 11.3 Å².